The van der Waals surface area contributed by atoms with Crippen molar-refractivity contribution >= 4 is 21.8 Å². The number of rotatable bonds is 5. The predicted octanol–water partition coefficient (Wildman–Crippen LogP) is 1.08. The summed E-state index contributed by atoms with van der Waals surface area (Å²) in [6.45, 7) is 1.85. The van der Waals surface area contributed by atoms with Crippen LogP contribution in [-0.2, 0) is 16.0 Å². The molecule has 0 atom stereocenters. The lowest BCUT2D eigenvalue weighted by atomic mass is 9.85. The zero-order chi connectivity index (χ0) is 13.0. The number of halogens is 1. The maximum atomic E-state index is 11.9. The van der Waals surface area contributed by atoms with E-state index in [0.29, 0.717) is 26.3 Å². The summed E-state index contributed by atoms with van der Waals surface area (Å²) in [6, 6.07) is 8.08. The number of nitrogens with one attached hydrogen (secondary N) is 1. The lowest BCUT2D eigenvalue weighted by Crippen LogP contribution is -2.58. The van der Waals surface area contributed by atoms with Gasteiger partial charge in [0.1, 0.15) is 5.41 Å². The van der Waals surface area contributed by atoms with Crippen molar-refractivity contribution in [1.29, 1.82) is 0 Å². The fourth-order valence-electron chi connectivity index (χ4n) is 1.85. The third-order valence-electron chi connectivity index (χ3n) is 3.24. The number of carbonyl (C=O) groups is 1. The van der Waals surface area contributed by atoms with Gasteiger partial charge in [-0.25, -0.2) is 0 Å². The maximum absolute atomic E-state index is 11.9. The van der Waals surface area contributed by atoms with Crippen LogP contribution in [0.25, 0.3) is 0 Å². The van der Waals surface area contributed by atoms with Crippen LogP contribution in [0.1, 0.15) is 5.56 Å². The standard InChI is InChI=1S/C13H17BrN2O2/c14-11-3-1-10(2-4-11)5-6-16-12(17)13(7-15)8-18-9-13/h1-4H,5-9,15H2,(H,16,17). The molecular weight excluding hydrogens is 296 g/mol. The van der Waals surface area contributed by atoms with E-state index < -0.39 is 5.41 Å². The maximum Gasteiger partial charge on any atom is 0.232 e. The van der Waals surface area contributed by atoms with E-state index in [4.69, 9.17) is 10.5 Å². The van der Waals surface area contributed by atoms with Crippen molar-refractivity contribution in [3.8, 4) is 0 Å². The highest BCUT2D eigenvalue weighted by Gasteiger charge is 2.44. The molecule has 1 aliphatic rings. The molecular formula is C13H17BrN2O2. The molecule has 0 spiro atoms. The van der Waals surface area contributed by atoms with E-state index in [1.54, 1.807) is 0 Å². The van der Waals surface area contributed by atoms with Gasteiger partial charge < -0.3 is 15.8 Å². The van der Waals surface area contributed by atoms with Gasteiger partial charge in [0, 0.05) is 17.6 Å². The van der Waals surface area contributed by atoms with Crippen LogP contribution in [0.15, 0.2) is 28.7 Å². The third kappa shape index (κ3) is 2.91. The Morgan fingerprint density at radius 3 is 2.56 bits per heavy atom. The average molecular weight is 313 g/mol. The Hall–Kier alpha value is -0.910. The average Bonchev–Trinajstić information content (AvgIpc) is 2.31. The molecule has 0 saturated carbocycles. The number of hydrogen-bond donors (Lipinski definition) is 2. The molecule has 18 heavy (non-hydrogen) atoms. The van der Waals surface area contributed by atoms with Gasteiger partial charge in [-0.15, -0.1) is 0 Å². The number of benzene rings is 1. The summed E-state index contributed by atoms with van der Waals surface area (Å²) >= 11 is 3.39. The molecule has 1 fully saturated rings. The van der Waals surface area contributed by atoms with E-state index in [2.05, 4.69) is 21.2 Å². The zero-order valence-electron chi connectivity index (χ0n) is 10.1. The Balaban J connectivity index is 1.78. The van der Waals surface area contributed by atoms with Crippen LogP contribution in [0.3, 0.4) is 0 Å². The molecule has 1 amide bonds. The highest BCUT2D eigenvalue weighted by Crippen LogP contribution is 2.25. The second-order valence-electron chi connectivity index (χ2n) is 4.61. The first-order valence-corrected chi connectivity index (χ1v) is 6.76. The molecule has 1 aromatic rings. The normalized spacial score (nSPS) is 17.0. The van der Waals surface area contributed by atoms with Crippen LogP contribution in [0.2, 0.25) is 0 Å². The Morgan fingerprint density at radius 1 is 1.39 bits per heavy atom. The van der Waals surface area contributed by atoms with Crippen molar-refractivity contribution in [2.75, 3.05) is 26.3 Å². The van der Waals surface area contributed by atoms with Crippen molar-refractivity contribution in [2.45, 2.75) is 6.42 Å². The molecule has 5 heteroatoms. The Morgan fingerprint density at radius 2 is 2.06 bits per heavy atom. The number of ether oxygens (including phenoxy) is 1. The van der Waals surface area contributed by atoms with Crippen molar-refractivity contribution in [2.24, 2.45) is 11.1 Å². The minimum atomic E-state index is -0.486. The van der Waals surface area contributed by atoms with Crippen LogP contribution >= 0.6 is 15.9 Å². The summed E-state index contributed by atoms with van der Waals surface area (Å²) in [5.41, 5.74) is 6.34. The van der Waals surface area contributed by atoms with Crippen LogP contribution in [0.5, 0.6) is 0 Å². The van der Waals surface area contributed by atoms with Crippen LogP contribution in [0.4, 0.5) is 0 Å². The number of amides is 1. The fraction of sp³-hybridized carbons (Fsp3) is 0.462. The van der Waals surface area contributed by atoms with Gasteiger partial charge in [0.05, 0.1) is 13.2 Å². The zero-order valence-corrected chi connectivity index (χ0v) is 11.7. The molecule has 0 aromatic heterocycles. The van der Waals surface area contributed by atoms with E-state index in [1.165, 1.54) is 5.56 Å². The first-order chi connectivity index (χ1) is 8.66. The second-order valence-corrected chi connectivity index (χ2v) is 5.53. The number of nitrogens with two attached hydrogens (primary N) is 1. The van der Waals surface area contributed by atoms with Crippen LogP contribution in [-0.4, -0.2) is 32.2 Å². The van der Waals surface area contributed by atoms with E-state index in [1.807, 2.05) is 24.3 Å². The van der Waals surface area contributed by atoms with Gasteiger partial charge in [-0.1, -0.05) is 28.1 Å². The summed E-state index contributed by atoms with van der Waals surface area (Å²) in [6.07, 6.45) is 0.820. The lowest BCUT2D eigenvalue weighted by molar-refractivity contribution is -0.159. The van der Waals surface area contributed by atoms with Gasteiger partial charge in [0.15, 0.2) is 0 Å². The van der Waals surface area contributed by atoms with Crippen LogP contribution < -0.4 is 11.1 Å². The molecule has 1 aliphatic heterocycles. The van der Waals surface area contributed by atoms with Gasteiger partial charge in [-0.2, -0.15) is 0 Å². The lowest BCUT2D eigenvalue weighted by Gasteiger charge is -2.38. The molecule has 98 valence electrons. The monoisotopic (exact) mass is 312 g/mol. The van der Waals surface area contributed by atoms with Crippen molar-refractivity contribution in [3.63, 3.8) is 0 Å². The molecule has 0 radical (unpaired) electrons. The number of carbonyl (C=O) groups excluding carboxylic acids is 1. The molecule has 2 rings (SSSR count). The fourth-order valence-corrected chi connectivity index (χ4v) is 2.11. The van der Waals surface area contributed by atoms with Gasteiger partial charge in [-0.05, 0) is 24.1 Å². The van der Waals surface area contributed by atoms with Crippen molar-refractivity contribution in [1.82, 2.24) is 5.32 Å². The first-order valence-electron chi connectivity index (χ1n) is 5.97. The summed E-state index contributed by atoms with van der Waals surface area (Å²) in [7, 11) is 0. The topological polar surface area (TPSA) is 64.4 Å². The van der Waals surface area contributed by atoms with Crippen molar-refractivity contribution < 1.29 is 9.53 Å². The molecule has 4 nitrogen and oxygen atoms in total. The van der Waals surface area contributed by atoms with E-state index in [0.717, 1.165) is 10.9 Å². The summed E-state index contributed by atoms with van der Waals surface area (Å²) < 4.78 is 6.14. The van der Waals surface area contributed by atoms with E-state index in [9.17, 15) is 4.79 Å². The van der Waals surface area contributed by atoms with Gasteiger partial charge in [0.25, 0.3) is 0 Å². The summed E-state index contributed by atoms with van der Waals surface area (Å²) in [4.78, 5) is 11.9. The molecule has 1 aromatic carbocycles. The number of hydrogen-bond acceptors (Lipinski definition) is 3. The molecule has 1 saturated heterocycles. The first kappa shape index (κ1) is 13.5. The van der Waals surface area contributed by atoms with E-state index in [-0.39, 0.29) is 5.91 Å². The van der Waals surface area contributed by atoms with Crippen molar-refractivity contribution in [3.05, 3.63) is 34.3 Å². The highest BCUT2D eigenvalue weighted by atomic mass is 79.9. The summed E-state index contributed by atoms with van der Waals surface area (Å²) in [5, 5.41) is 2.93. The minimum Gasteiger partial charge on any atom is -0.379 e. The van der Waals surface area contributed by atoms with E-state index >= 15 is 0 Å². The highest BCUT2D eigenvalue weighted by molar-refractivity contribution is 9.10. The van der Waals surface area contributed by atoms with Gasteiger partial charge >= 0.3 is 0 Å². The molecule has 0 unspecified atom stereocenters. The Kier molecular flexibility index (Phi) is 4.37. The molecule has 0 aliphatic carbocycles. The molecule has 1 heterocycles. The minimum absolute atomic E-state index is 0.00774. The predicted molar refractivity (Wildman–Crippen MR) is 73.2 cm³/mol. The second kappa shape index (κ2) is 5.82. The molecule has 0 bridgehead atoms. The largest absolute Gasteiger partial charge is 0.379 e. The SMILES string of the molecule is NCC1(C(=O)NCCc2ccc(Br)cc2)COC1. The third-order valence-corrected chi connectivity index (χ3v) is 3.77. The quantitative estimate of drug-likeness (QED) is 0.855. The Bertz CT molecular complexity index is 410. The smallest absolute Gasteiger partial charge is 0.232 e. The van der Waals surface area contributed by atoms with Crippen LogP contribution in [0, 0.1) is 5.41 Å². The summed E-state index contributed by atoms with van der Waals surface area (Å²) in [5.74, 6) is 0.00774. The van der Waals surface area contributed by atoms with Gasteiger partial charge in [0.2, 0.25) is 5.91 Å². The van der Waals surface area contributed by atoms with Gasteiger partial charge in [-0.3, -0.25) is 4.79 Å². The Labute approximate surface area is 115 Å². The molecule has 3 N–H and O–H groups in total.